The van der Waals surface area contributed by atoms with Gasteiger partial charge in [-0.15, -0.1) is 0 Å². The summed E-state index contributed by atoms with van der Waals surface area (Å²) in [5.41, 5.74) is 3.61. The lowest BCUT2D eigenvalue weighted by Crippen LogP contribution is -1.86. The maximum Gasteiger partial charge on any atom is 0.271 e. The molecule has 26 heavy (non-hydrogen) atoms. The summed E-state index contributed by atoms with van der Waals surface area (Å²) in [5.74, 6) is 0.701. The highest BCUT2D eigenvalue weighted by molar-refractivity contribution is 7.99. The molecule has 0 aliphatic heterocycles. The molecule has 0 saturated carbocycles. The van der Waals surface area contributed by atoms with Crippen molar-refractivity contribution in [1.29, 1.82) is 0 Å². The van der Waals surface area contributed by atoms with Crippen molar-refractivity contribution >= 4 is 28.5 Å². The van der Waals surface area contributed by atoms with E-state index in [-0.39, 0.29) is 5.69 Å². The number of nitro benzene ring substituents is 1. The molecule has 0 unspecified atom stereocenters. The Bertz CT molecular complexity index is 1090. The van der Waals surface area contributed by atoms with E-state index < -0.39 is 4.92 Å². The SMILES string of the molecule is Cc1ccc(Sc2ccc(-c3nc4ccc([N+](=O)[O-])cc4[nH]3)cc2)cc1. The summed E-state index contributed by atoms with van der Waals surface area (Å²) in [5, 5.41) is 10.9. The summed E-state index contributed by atoms with van der Waals surface area (Å²) < 4.78 is 0. The minimum atomic E-state index is -0.406. The average Bonchev–Trinajstić information content (AvgIpc) is 3.07. The Morgan fingerprint density at radius 1 is 0.962 bits per heavy atom. The van der Waals surface area contributed by atoms with E-state index in [1.54, 1.807) is 17.8 Å². The molecule has 0 aliphatic rings. The highest BCUT2D eigenvalue weighted by Gasteiger charge is 2.10. The van der Waals surface area contributed by atoms with Crippen molar-refractivity contribution in [2.45, 2.75) is 16.7 Å². The monoisotopic (exact) mass is 361 g/mol. The number of aromatic amines is 1. The summed E-state index contributed by atoms with van der Waals surface area (Å²) in [6.45, 7) is 2.07. The highest BCUT2D eigenvalue weighted by atomic mass is 32.2. The van der Waals surface area contributed by atoms with Gasteiger partial charge >= 0.3 is 0 Å². The maximum atomic E-state index is 10.9. The molecule has 5 nitrogen and oxygen atoms in total. The van der Waals surface area contributed by atoms with E-state index in [9.17, 15) is 10.1 Å². The van der Waals surface area contributed by atoms with Crippen molar-refractivity contribution in [3.63, 3.8) is 0 Å². The summed E-state index contributed by atoms with van der Waals surface area (Å²) in [7, 11) is 0. The molecule has 0 bridgehead atoms. The molecule has 4 aromatic rings. The number of nitrogens with zero attached hydrogens (tertiary/aromatic N) is 2. The Kier molecular flexibility index (Phi) is 4.18. The fraction of sp³-hybridized carbons (Fsp3) is 0.0500. The van der Waals surface area contributed by atoms with E-state index in [0.29, 0.717) is 16.9 Å². The number of hydrogen-bond acceptors (Lipinski definition) is 4. The van der Waals surface area contributed by atoms with Gasteiger partial charge in [-0.2, -0.15) is 0 Å². The molecular formula is C20H15N3O2S. The third-order valence-electron chi connectivity index (χ3n) is 4.06. The van der Waals surface area contributed by atoms with Gasteiger partial charge in [0.05, 0.1) is 16.0 Å². The molecular weight excluding hydrogens is 346 g/mol. The van der Waals surface area contributed by atoms with E-state index in [1.807, 2.05) is 12.1 Å². The van der Waals surface area contributed by atoms with Gasteiger partial charge < -0.3 is 4.98 Å². The Balaban J connectivity index is 1.59. The smallest absolute Gasteiger partial charge is 0.271 e. The van der Waals surface area contributed by atoms with E-state index >= 15 is 0 Å². The van der Waals surface area contributed by atoms with Gasteiger partial charge in [0.1, 0.15) is 5.82 Å². The van der Waals surface area contributed by atoms with Crippen LogP contribution in [0.5, 0.6) is 0 Å². The molecule has 3 aromatic carbocycles. The van der Waals surface area contributed by atoms with Crippen LogP contribution in [0, 0.1) is 17.0 Å². The van der Waals surface area contributed by atoms with Crippen molar-refractivity contribution in [3.8, 4) is 11.4 Å². The molecule has 1 N–H and O–H groups in total. The molecule has 0 radical (unpaired) electrons. The van der Waals surface area contributed by atoms with Crippen LogP contribution in [-0.4, -0.2) is 14.9 Å². The number of nitro groups is 1. The molecule has 0 fully saturated rings. The lowest BCUT2D eigenvalue weighted by atomic mass is 10.2. The van der Waals surface area contributed by atoms with Crippen LogP contribution in [0.25, 0.3) is 22.4 Å². The highest BCUT2D eigenvalue weighted by Crippen LogP contribution is 2.30. The summed E-state index contributed by atoms with van der Waals surface area (Å²) in [6, 6.07) is 21.2. The maximum absolute atomic E-state index is 10.9. The second-order valence-corrected chi connectivity index (χ2v) is 7.13. The van der Waals surface area contributed by atoms with Crippen LogP contribution in [-0.2, 0) is 0 Å². The number of H-pyrrole nitrogens is 1. The minimum absolute atomic E-state index is 0.0533. The van der Waals surface area contributed by atoms with Gasteiger partial charge in [0.15, 0.2) is 0 Å². The van der Waals surface area contributed by atoms with Crippen LogP contribution < -0.4 is 0 Å². The number of benzene rings is 3. The normalized spacial score (nSPS) is 11.0. The second kappa shape index (κ2) is 6.65. The predicted octanol–water partition coefficient (Wildman–Crippen LogP) is 5.60. The van der Waals surface area contributed by atoms with Gasteiger partial charge in [-0.1, -0.05) is 41.6 Å². The predicted molar refractivity (Wildman–Crippen MR) is 103 cm³/mol. The number of nitrogens with one attached hydrogen (secondary N) is 1. The molecule has 4 rings (SSSR count). The fourth-order valence-corrected chi connectivity index (χ4v) is 3.49. The Labute approximate surface area is 154 Å². The molecule has 1 heterocycles. The lowest BCUT2D eigenvalue weighted by Gasteiger charge is -2.03. The van der Waals surface area contributed by atoms with Crippen LogP contribution in [0.15, 0.2) is 76.5 Å². The van der Waals surface area contributed by atoms with E-state index in [4.69, 9.17) is 0 Å². The first-order valence-corrected chi connectivity index (χ1v) is 8.89. The fourth-order valence-electron chi connectivity index (χ4n) is 2.67. The van der Waals surface area contributed by atoms with Crippen molar-refractivity contribution in [2.24, 2.45) is 0 Å². The number of hydrogen-bond donors (Lipinski definition) is 1. The van der Waals surface area contributed by atoms with Gasteiger partial charge in [0.25, 0.3) is 5.69 Å². The van der Waals surface area contributed by atoms with Crippen molar-refractivity contribution in [3.05, 3.63) is 82.4 Å². The number of aromatic nitrogens is 2. The lowest BCUT2D eigenvalue weighted by molar-refractivity contribution is -0.384. The topological polar surface area (TPSA) is 71.8 Å². The van der Waals surface area contributed by atoms with Gasteiger partial charge in [-0.05, 0) is 37.3 Å². The zero-order valence-electron chi connectivity index (χ0n) is 14.0. The third-order valence-corrected chi connectivity index (χ3v) is 5.08. The van der Waals surface area contributed by atoms with Gasteiger partial charge in [-0.25, -0.2) is 4.98 Å². The van der Waals surface area contributed by atoms with Gasteiger partial charge in [0.2, 0.25) is 0 Å². The number of non-ortho nitro benzene ring substituents is 1. The Hall–Kier alpha value is -3.12. The first-order chi connectivity index (χ1) is 12.6. The van der Waals surface area contributed by atoms with Crippen LogP contribution >= 0.6 is 11.8 Å². The molecule has 1 aromatic heterocycles. The number of aryl methyl sites for hydroxylation is 1. The summed E-state index contributed by atoms with van der Waals surface area (Å²) in [6.07, 6.45) is 0. The molecule has 0 amide bonds. The van der Waals surface area contributed by atoms with E-state index in [0.717, 1.165) is 10.5 Å². The quantitative estimate of drug-likeness (QED) is 0.379. The molecule has 6 heteroatoms. The minimum Gasteiger partial charge on any atom is -0.338 e. The summed E-state index contributed by atoms with van der Waals surface area (Å²) >= 11 is 1.70. The Morgan fingerprint density at radius 3 is 2.27 bits per heavy atom. The van der Waals surface area contributed by atoms with Crippen molar-refractivity contribution in [2.75, 3.05) is 0 Å². The van der Waals surface area contributed by atoms with E-state index in [2.05, 4.69) is 53.3 Å². The Morgan fingerprint density at radius 2 is 1.62 bits per heavy atom. The molecule has 0 aliphatic carbocycles. The number of rotatable bonds is 4. The second-order valence-electron chi connectivity index (χ2n) is 5.98. The summed E-state index contributed by atoms with van der Waals surface area (Å²) in [4.78, 5) is 20.5. The van der Waals surface area contributed by atoms with E-state index in [1.165, 1.54) is 22.6 Å². The first kappa shape index (κ1) is 16.4. The zero-order valence-corrected chi connectivity index (χ0v) is 14.8. The largest absolute Gasteiger partial charge is 0.338 e. The van der Waals surface area contributed by atoms with Crippen molar-refractivity contribution < 1.29 is 4.92 Å². The molecule has 128 valence electrons. The van der Waals surface area contributed by atoms with Crippen LogP contribution in [0.4, 0.5) is 5.69 Å². The van der Waals surface area contributed by atoms with Crippen LogP contribution in [0.2, 0.25) is 0 Å². The van der Waals surface area contributed by atoms with Gasteiger partial charge in [-0.3, -0.25) is 10.1 Å². The number of fused-ring (bicyclic) bond motifs is 1. The van der Waals surface area contributed by atoms with Crippen molar-refractivity contribution in [1.82, 2.24) is 9.97 Å². The third kappa shape index (κ3) is 3.32. The molecule has 0 atom stereocenters. The van der Waals surface area contributed by atoms with Crippen LogP contribution in [0.1, 0.15) is 5.56 Å². The average molecular weight is 361 g/mol. The van der Waals surface area contributed by atoms with Crippen LogP contribution in [0.3, 0.4) is 0 Å². The molecule has 0 saturated heterocycles. The van der Waals surface area contributed by atoms with Gasteiger partial charge in [0, 0.05) is 27.5 Å². The first-order valence-electron chi connectivity index (χ1n) is 8.07. The number of imidazole rings is 1. The standard InChI is InChI=1S/C20H15N3O2S/c1-13-2-7-16(8-3-13)26-17-9-4-14(5-10-17)20-21-18-11-6-15(23(24)25)12-19(18)22-20/h2-12H,1H3,(H,21,22). The molecule has 0 spiro atoms. The zero-order chi connectivity index (χ0) is 18.1.